The Morgan fingerprint density at radius 2 is 2.10 bits per heavy atom. The number of fused-ring (bicyclic) bond motifs is 2. The molecule has 2 aliphatic rings. The minimum atomic E-state index is 0.0107. The van der Waals surface area contributed by atoms with Gasteiger partial charge in [0, 0.05) is 13.1 Å². The number of rotatable bonds is 0. The maximum atomic E-state index is 9.49. The summed E-state index contributed by atoms with van der Waals surface area (Å²) >= 11 is 0. The molecule has 10 heavy (non-hydrogen) atoms. The van der Waals surface area contributed by atoms with Gasteiger partial charge in [0.15, 0.2) is 0 Å². The van der Waals surface area contributed by atoms with Crippen LogP contribution in [-0.4, -0.2) is 35.7 Å². The van der Waals surface area contributed by atoms with Crippen LogP contribution in [0.4, 0.5) is 0 Å². The summed E-state index contributed by atoms with van der Waals surface area (Å²) < 4.78 is 0. The molecule has 1 N–H and O–H groups in total. The Hall–Kier alpha value is -0.0800. The second-order valence-electron chi connectivity index (χ2n) is 3.56. The van der Waals surface area contributed by atoms with E-state index in [0.29, 0.717) is 5.92 Å². The van der Waals surface area contributed by atoms with E-state index in [1.165, 1.54) is 19.4 Å². The van der Waals surface area contributed by atoms with Gasteiger partial charge in [0.2, 0.25) is 0 Å². The van der Waals surface area contributed by atoms with Crippen molar-refractivity contribution in [2.45, 2.75) is 25.4 Å². The standard InChI is InChI=1S/C8H15NO/c10-8-3-5-9-4-1-2-7(8)6-9/h7-8,10H,1-6H2/t7-,8?/m1/s1. The molecule has 0 aromatic heterocycles. The van der Waals surface area contributed by atoms with E-state index in [1.54, 1.807) is 0 Å². The van der Waals surface area contributed by atoms with Crippen LogP contribution in [0.3, 0.4) is 0 Å². The van der Waals surface area contributed by atoms with E-state index in [-0.39, 0.29) is 6.10 Å². The van der Waals surface area contributed by atoms with Gasteiger partial charge in [0.05, 0.1) is 6.10 Å². The molecular weight excluding hydrogens is 126 g/mol. The third kappa shape index (κ3) is 1.06. The lowest BCUT2D eigenvalue weighted by Gasteiger charge is -2.40. The zero-order valence-electron chi connectivity index (χ0n) is 6.29. The normalized spacial score (nSPS) is 47.1. The molecule has 0 aromatic carbocycles. The molecule has 2 heteroatoms. The van der Waals surface area contributed by atoms with Gasteiger partial charge in [-0.25, -0.2) is 0 Å². The Morgan fingerprint density at radius 1 is 1.20 bits per heavy atom. The van der Waals surface area contributed by atoms with Gasteiger partial charge in [-0.2, -0.15) is 0 Å². The van der Waals surface area contributed by atoms with Crippen molar-refractivity contribution >= 4 is 0 Å². The molecule has 0 spiro atoms. The third-order valence-corrected chi connectivity index (χ3v) is 2.83. The van der Waals surface area contributed by atoms with Crippen molar-refractivity contribution in [1.29, 1.82) is 0 Å². The quantitative estimate of drug-likeness (QED) is 0.530. The van der Waals surface area contributed by atoms with Crippen molar-refractivity contribution in [2.24, 2.45) is 5.92 Å². The minimum absolute atomic E-state index is 0.0107. The van der Waals surface area contributed by atoms with Crippen molar-refractivity contribution in [3.05, 3.63) is 0 Å². The Labute approximate surface area is 61.8 Å². The van der Waals surface area contributed by atoms with Crippen LogP contribution in [0, 0.1) is 5.92 Å². The lowest BCUT2D eigenvalue weighted by molar-refractivity contribution is 0.000185. The molecule has 2 heterocycles. The number of nitrogens with zero attached hydrogens (tertiary/aromatic N) is 1. The summed E-state index contributed by atoms with van der Waals surface area (Å²) in [4.78, 5) is 2.47. The molecule has 3 atom stereocenters. The SMILES string of the molecule is OC1CCN2CCC[C@@H]1C2. The Balaban J connectivity index is 2.00. The molecule has 0 radical (unpaired) electrons. The molecule has 0 saturated carbocycles. The second kappa shape index (κ2) is 2.51. The Kier molecular flexibility index (Phi) is 1.66. The van der Waals surface area contributed by atoms with Crippen molar-refractivity contribution < 1.29 is 5.11 Å². The van der Waals surface area contributed by atoms with Crippen LogP contribution < -0.4 is 0 Å². The highest BCUT2D eigenvalue weighted by Crippen LogP contribution is 2.25. The average molecular weight is 141 g/mol. The topological polar surface area (TPSA) is 23.5 Å². The largest absolute Gasteiger partial charge is 0.393 e. The van der Waals surface area contributed by atoms with Gasteiger partial charge in [-0.15, -0.1) is 0 Å². The van der Waals surface area contributed by atoms with Crippen LogP contribution in [0.1, 0.15) is 19.3 Å². The van der Waals surface area contributed by atoms with Crippen LogP contribution >= 0.6 is 0 Å². The summed E-state index contributed by atoms with van der Waals surface area (Å²) in [6, 6.07) is 0. The van der Waals surface area contributed by atoms with Crippen molar-refractivity contribution in [1.82, 2.24) is 4.90 Å². The van der Waals surface area contributed by atoms with Gasteiger partial charge in [-0.05, 0) is 31.7 Å². The molecule has 2 unspecified atom stereocenters. The van der Waals surface area contributed by atoms with E-state index in [9.17, 15) is 5.11 Å². The predicted octanol–water partition coefficient (Wildman–Crippen LogP) is 0.463. The maximum absolute atomic E-state index is 9.49. The first-order valence-electron chi connectivity index (χ1n) is 4.26. The summed E-state index contributed by atoms with van der Waals surface area (Å²) in [7, 11) is 0. The van der Waals surface area contributed by atoms with Crippen LogP contribution in [0.15, 0.2) is 0 Å². The first-order chi connectivity index (χ1) is 4.86. The van der Waals surface area contributed by atoms with Crippen LogP contribution in [0.25, 0.3) is 0 Å². The van der Waals surface area contributed by atoms with E-state index >= 15 is 0 Å². The second-order valence-corrected chi connectivity index (χ2v) is 3.56. The molecule has 2 aliphatic heterocycles. The van der Waals surface area contributed by atoms with Crippen LogP contribution in [0.5, 0.6) is 0 Å². The Morgan fingerprint density at radius 3 is 2.90 bits per heavy atom. The summed E-state index contributed by atoms with van der Waals surface area (Å²) in [5, 5.41) is 9.49. The highest BCUT2D eigenvalue weighted by atomic mass is 16.3. The molecule has 2 bridgehead atoms. The molecule has 58 valence electrons. The summed E-state index contributed by atoms with van der Waals surface area (Å²) in [6.07, 6.45) is 3.56. The summed E-state index contributed by atoms with van der Waals surface area (Å²) in [5.41, 5.74) is 0. The smallest absolute Gasteiger partial charge is 0.0592 e. The third-order valence-electron chi connectivity index (χ3n) is 2.83. The average Bonchev–Trinajstić information content (AvgIpc) is 1.99. The molecule has 0 amide bonds. The monoisotopic (exact) mass is 141 g/mol. The van der Waals surface area contributed by atoms with Crippen molar-refractivity contribution in [3.8, 4) is 0 Å². The van der Waals surface area contributed by atoms with Gasteiger partial charge in [-0.1, -0.05) is 0 Å². The van der Waals surface area contributed by atoms with Crippen LogP contribution in [0.2, 0.25) is 0 Å². The molecular formula is C8H15NO. The minimum Gasteiger partial charge on any atom is -0.393 e. The van der Waals surface area contributed by atoms with Crippen molar-refractivity contribution in [3.63, 3.8) is 0 Å². The fraction of sp³-hybridized carbons (Fsp3) is 1.00. The highest BCUT2D eigenvalue weighted by Gasteiger charge is 2.30. The molecule has 0 aromatic rings. The fourth-order valence-electron chi connectivity index (χ4n) is 2.16. The zero-order chi connectivity index (χ0) is 6.97. The van der Waals surface area contributed by atoms with Gasteiger partial charge in [0.1, 0.15) is 0 Å². The number of aliphatic hydroxyl groups is 1. The van der Waals surface area contributed by atoms with E-state index in [1.807, 2.05) is 0 Å². The first-order valence-corrected chi connectivity index (χ1v) is 4.26. The van der Waals surface area contributed by atoms with Gasteiger partial charge < -0.3 is 10.0 Å². The summed E-state index contributed by atoms with van der Waals surface area (Å²) in [6.45, 7) is 3.54. The molecule has 2 saturated heterocycles. The lowest BCUT2D eigenvalue weighted by Crippen LogP contribution is -2.46. The van der Waals surface area contributed by atoms with E-state index in [4.69, 9.17) is 0 Å². The summed E-state index contributed by atoms with van der Waals surface area (Å²) in [5.74, 6) is 0.600. The molecule has 0 aliphatic carbocycles. The maximum Gasteiger partial charge on any atom is 0.0592 e. The van der Waals surface area contributed by atoms with Gasteiger partial charge in [-0.3, -0.25) is 0 Å². The lowest BCUT2D eigenvalue weighted by atomic mass is 9.87. The fourth-order valence-corrected chi connectivity index (χ4v) is 2.16. The van der Waals surface area contributed by atoms with E-state index < -0.39 is 0 Å². The zero-order valence-corrected chi connectivity index (χ0v) is 6.29. The molecule has 2 fully saturated rings. The van der Waals surface area contributed by atoms with Crippen LogP contribution in [-0.2, 0) is 0 Å². The van der Waals surface area contributed by atoms with Gasteiger partial charge >= 0.3 is 0 Å². The van der Waals surface area contributed by atoms with E-state index in [0.717, 1.165) is 19.5 Å². The number of piperidine rings is 2. The van der Waals surface area contributed by atoms with Gasteiger partial charge in [0.25, 0.3) is 0 Å². The van der Waals surface area contributed by atoms with Crippen molar-refractivity contribution in [2.75, 3.05) is 19.6 Å². The number of aliphatic hydroxyl groups excluding tert-OH is 1. The highest BCUT2D eigenvalue weighted by molar-refractivity contribution is 4.83. The number of hydrogen-bond acceptors (Lipinski definition) is 2. The molecule has 2 rings (SSSR count). The van der Waals surface area contributed by atoms with E-state index in [2.05, 4.69) is 4.90 Å². The molecule has 2 nitrogen and oxygen atoms in total. The predicted molar refractivity (Wildman–Crippen MR) is 39.8 cm³/mol. The first kappa shape index (κ1) is 6.62. The number of hydrogen-bond donors (Lipinski definition) is 1. The Bertz CT molecular complexity index is 124.